The zero-order chi connectivity index (χ0) is 20.8. The van der Waals surface area contributed by atoms with Gasteiger partial charge in [-0.1, -0.05) is 30.0 Å². The van der Waals surface area contributed by atoms with Crippen LogP contribution in [0.4, 0.5) is 11.4 Å². The highest BCUT2D eigenvalue weighted by Crippen LogP contribution is 2.29. The Hall–Kier alpha value is -3.53. The van der Waals surface area contributed by atoms with E-state index in [2.05, 4.69) is 20.5 Å². The average molecular weight is 413 g/mol. The standard InChI is InChI=1S/C19H19N5O4S/c1-27-11-7-8-14(15(9-11)28-2)21-16(25)10-29-19-22-18(26)17(23-24-19)12-5-3-4-6-13(12)20/h3-9H,10,20H2,1-2H3,(H,21,25)(H,22,24,26). The molecule has 1 amide bonds. The molecular formula is C19H19N5O4S. The van der Waals surface area contributed by atoms with E-state index in [1.54, 1.807) is 49.6 Å². The second kappa shape index (κ2) is 9.11. The van der Waals surface area contributed by atoms with Crippen molar-refractivity contribution in [2.24, 2.45) is 0 Å². The van der Waals surface area contributed by atoms with Gasteiger partial charge in [-0.05, 0) is 18.2 Å². The number of benzene rings is 2. The third-order valence-electron chi connectivity index (χ3n) is 3.92. The molecule has 9 nitrogen and oxygen atoms in total. The van der Waals surface area contributed by atoms with E-state index in [-0.39, 0.29) is 22.5 Å². The number of H-pyrrole nitrogens is 1. The number of methoxy groups -OCH3 is 2. The Morgan fingerprint density at radius 1 is 1.17 bits per heavy atom. The molecule has 2 aromatic carbocycles. The van der Waals surface area contributed by atoms with Crippen LogP contribution >= 0.6 is 11.8 Å². The lowest BCUT2D eigenvalue weighted by Gasteiger charge is -2.11. The molecule has 0 radical (unpaired) electrons. The van der Waals surface area contributed by atoms with Gasteiger partial charge in [-0.3, -0.25) is 14.6 Å². The summed E-state index contributed by atoms with van der Waals surface area (Å²) in [5.41, 5.74) is 7.01. The monoisotopic (exact) mass is 413 g/mol. The lowest BCUT2D eigenvalue weighted by Crippen LogP contribution is -2.17. The number of hydrogen-bond acceptors (Lipinski definition) is 8. The number of hydrogen-bond donors (Lipinski definition) is 3. The van der Waals surface area contributed by atoms with Gasteiger partial charge in [0.15, 0.2) is 10.9 Å². The number of carbonyl (C=O) groups is 1. The van der Waals surface area contributed by atoms with E-state index >= 15 is 0 Å². The highest BCUT2D eigenvalue weighted by molar-refractivity contribution is 7.99. The highest BCUT2D eigenvalue weighted by atomic mass is 32.2. The summed E-state index contributed by atoms with van der Waals surface area (Å²) >= 11 is 1.05. The first kappa shape index (κ1) is 20.2. The maximum absolute atomic E-state index is 12.3. The van der Waals surface area contributed by atoms with Gasteiger partial charge in [0.1, 0.15) is 11.5 Å². The van der Waals surface area contributed by atoms with E-state index in [0.717, 1.165) is 11.8 Å². The minimum Gasteiger partial charge on any atom is -0.497 e. The Morgan fingerprint density at radius 3 is 2.66 bits per heavy atom. The zero-order valence-electron chi connectivity index (χ0n) is 15.8. The fourth-order valence-corrected chi connectivity index (χ4v) is 3.10. The number of nitrogens with zero attached hydrogens (tertiary/aromatic N) is 2. The number of nitrogens with two attached hydrogens (primary N) is 1. The van der Waals surface area contributed by atoms with Gasteiger partial charge in [-0.25, -0.2) is 0 Å². The van der Waals surface area contributed by atoms with Crippen molar-refractivity contribution in [1.29, 1.82) is 0 Å². The van der Waals surface area contributed by atoms with Crippen molar-refractivity contribution in [2.45, 2.75) is 5.16 Å². The molecule has 0 atom stereocenters. The lowest BCUT2D eigenvalue weighted by molar-refractivity contribution is -0.113. The van der Waals surface area contributed by atoms with Crippen LogP contribution in [0.3, 0.4) is 0 Å². The summed E-state index contributed by atoms with van der Waals surface area (Å²) in [7, 11) is 3.05. The van der Waals surface area contributed by atoms with Gasteiger partial charge < -0.3 is 20.5 Å². The molecule has 29 heavy (non-hydrogen) atoms. The first-order valence-corrected chi connectivity index (χ1v) is 9.47. The van der Waals surface area contributed by atoms with Gasteiger partial charge in [0.25, 0.3) is 5.56 Å². The topological polar surface area (TPSA) is 132 Å². The van der Waals surface area contributed by atoms with Crippen molar-refractivity contribution < 1.29 is 14.3 Å². The van der Waals surface area contributed by atoms with Gasteiger partial charge in [-0.15, -0.1) is 10.2 Å². The van der Waals surface area contributed by atoms with Crippen LogP contribution in [0.5, 0.6) is 11.5 Å². The van der Waals surface area contributed by atoms with E-state index in [1.165, 1.54) is 7.11 Å². The van der Waals surface area contributed by atoms with Crippen molar-refractivity contribution >= 4 is 29.0 Å². The van der Waals surface area contributed by atoms with E-state index in [4.69, 9.17) is 15.2 Å². The van der Waals surface area contributed by atoms with E-state index in [0.29, 0.717) is 28.4 Å². The van der Waals surface area contributed by atoms with Crippen LogP contribution in [0.1, 0.15) is 0 Å². The summed E-state index contributed by atoms with van der Waals surface area (Å²) < 4.78 is 10.4. The third kappa shape index (κ3) is 4.85. The van der Waals surface area contributed by atoms with Gasteiger partial charge in [0, 0.05) is 17.3 Å². The molecule has 3 aromatic rings. The maximum Gasteiger partial charge on any atom is 0.278 e. The predicted octanol–water partition coefficient (Wildman–Crippen LogP) is 2.16. The summed E-state index contributed by atoms with van der Waals surface area (Å²) in [5, 5.41) is 10.9. The molecule has 150 valence electrons. The third-order valence-corrected chi connectivity index (χ3v) is 4.78. The van der Waals surface area contributed by atoms with Crippen LogP contribution in [0.15, 0.2) is 52.4 Å². The van der Waals surface area contributed by atoms with Crippen LogP contribution < -0.4 is 26.1 Å². The van der Waals surface area contributed by atoms with Crippen molar-refractivity contribution in [3.63, 3.8) is 0 Å². The van der Waals surface area contributed by atoms with E-state index in [1.807, 2.05) is 0 Å². The van der Waals surface area contributed by atoms with Crippen LogP contribution in [0.25, 0.3) is 11.3 Å². The Morgan fingerprint density at radius 2 is 1.97 bits per heavy atom. The lowest BCUT2D eigenvalue weighted by atomic mass is 10.1. The number of aromatic amines is 1. The van der Waals surface area contributed by atoms with E-state index in [9.17, 15) is 9.59 Å². The number of ether oxygens (including phenoxy) is 2. The molecule has 0 unspecified atom stereocenters. The molecule has 1 heterocycles. The largest absolute Gasteiger partial charge is 0.497 e. The molecule has 0 aliphatic heterocycles. The first-order valence-electron chi connectivity index (χ1n) is 8.48. The van der Waals surface area contributed by atoms with Crippen LogP contribution in [-0.2, 0) is 4.79 Å². The van der Waals surface area contributed by atoms with Crippen molar-refractivity contribution in [2.75, 3.05) is 31.0 Å². The smallest absolute Gasteiger partial charge is 0.278 e. The molecule has 0 saturated carbocycles. The Balaban J connectivity index is 1.66. The normalized spacial score (nSPS) is 10.4. The number of aromatic nitrogens is 3. The van der Waals surface area contributed by atoms with Gasteiger partial charge in [0.05, 0.1) is 25.7 Å². The summed E-state index contributed by atoms with van der Waals surface area (Å²) in [6, 6.07) is 11.9. The fourth-order valence-electron chi connectivity index (χ4n) is 2.50. The van der Waals surface area contributed by atoms with E-state index < -0.39 is 5.56 Å². The molecule has 0 fully saturated rings. The SMILES string of the molecule is COc1ccc(NC(=O)CSc2nnc(-c3ccccc3N)c(=O)[nH]2)c(OC)c1. The number of thioether (sulfide) groups is 1. The molecule has 0 bridgehead atoms. The van der Waals surface area contributed by atoms with Crippen molar-refractivity contribution in [3.05, 3.63) is 52.8 Å². The van der Waals surface area contributed by atoms with Crippen molar-refractivity contribution in [1.82, 2.24) is 15.2 Å². The molecule has 1 aromatic heterocycles. The second-order valence-corrected chi connectivity index (χ2v) is 6.76. The van der Waals surface area contributed by atoms with Gasteiger partial charge in [-0.2, -0.15) is 0 Å². The second-order valence-electron chi connectivity index (χ2n) is 5.80. The number of nitrogen functional groups attached to an aromatic ring is 1. The number of nitrogens with one attached hydrogen (secondary N) is 2. The molecule has 10 heteroatoms. The average Bonchev–Trinajstić information content (AvgIpc) is 2.73. The zero-order valence-corrected chi connectivity index (χ0v) is 16.6. The number of rotatable bonds is 7. The summed E-state index contributed by atoms with van der Waals surface area (Å²) in [6.45, 7) is 0. The minimum absolute atomic E-state index is 0.0205. The predicted molar refractivity (Wildman–Crippen MR) is 111 cm³/mol. The summed E-state index contributed by atoms with van der Waals surface area (Å²) in [6.07, 6.45) is 0. The Labute approximate surface area is 170 Å². The van der Waals surface area contributed by atoms with Gasteiger partial charge >= 0.3 is 0 Å². The maximum atomic E-state index is 12.3. The molecule has 0 aliphatic carbocycles. The van der Waals surface area contributed by atoms with Crippen LogP contribution in [0, 0.1) is 0 Å². The fraction of sp³-hybridized carbons (Fsp3) is 0.158. The Kier molecular flexibility index (Phi) is 6.35. The number of para-hydroxylation sites is 1. The summed E-state index contributed by atoms with van der Waals surface area (Å²) in [4.78, 5) is 27.2. The molecule has 0 spiro atoms. The molecular weight excluding hydrogens is 394 g/mol. The van der Waals surface area contributed by atoms with Crippen LogP contribution in [0.2, 0.25) is 0 Å². The molecule has 0 aliphatic rings. The highest BCUT2D eigenvalue weighted by Gasteiger charge is 2.13. The Bertz CT molecular complexity index is 1090. The van der Waals surface area contributed by atoms with Crippen molar-refractivity contribution in [3.8, 4) is 22.8 Å². The first-order chi connectivity index (χ1) is 14.0. The quantitative estimate of drug-likeness (QED) is 0.396. The van der Waals surface area contributed by atoms with Gasteiger partial charge in [0.2, 0.25) is 5.91 Å². The number of carbonyl (C=O) groups excluding carboxylic acids is 1. The minimum atomic E-state index is -0.433. The number of amides is 1. The molecule has 3 rings (SSSR count). The molecule has 0 saturated heterocycles. The molecule has 4 N–H and O–H groups in total. The summed E-state index contributed by atoms with van der Waals surface area (Å²) in [5.74, 6) is 0.812. The van der Waals surface area contributed by atoms with Crippen LogP contribution in [-0.4, -0.2) is 41.1 Å². The number of anilines is 2.